The molecule has 3 N–H and O–H groups in total. The molecule has 1 amide bonds. The van der Waals surface area contributed by atoms with Crippen molar-refractivity contribution < 1.29 is 23.0 Å². The zero-order valence-electron chi connectivity index (χ0n) is 10.7. The lowest BCUT2D eigenvalue weighted by Gasteiger charge is -2.15. The van der Waals surface area contributed by atoms with E-state index in [1.807, 2.05) is 0 Å². The van der Waals surface area contributed by atoms with Crippen LogP contribution < -0.4 is 20.5 Å². The molecule has 0 heterocycles. The Morgan fingerprint density at radius 3 is 2.58 bits per heavy atom. The van der Waals surface area contributed by atoms with Gasteiger partial charge in [-0.05, 0) is 12.1 Å². The van der Waals surface area contributed by atoms with Crippen molar-refractivity contribution in [3.8, 4) is 11.5 Å². The molecule has 0 aliphatic carbocycles. The molecule has 0 saturated carbocycles. The molecule has 5 nitrogen and oxygen atoms in total. The number of carbonyl (C=O) groups is 1. The van der Waals surface area contributed by atoms with Crippen LogP contribution in [0.4, 0.5) is 8.78 Å². The van der Waals surface area contributed by atoms with Crippen LogP contribution >= 0.6 is 0 Å². The summed E-state index contributed by atoms with van der Waals surface area (Å²) in [6.07, 6.45) is 0. The topological polar surface area (TPSA) is 73.6 Å². The number of ether oxygens (including phenoxy) is 2. The number of amides is 1. The van der Waals surface area contributed by atoms with Crippen molar-refractivity contribution in [2.45, 2.75) is 5.92 Å². The Morgan fingerprint density at radius 2 is 2.05 bits per heavy atom. The zero-order valence-corrected chi connectivity index (χ0v) is 10.7. The van der Waals surface area contributed by atoms with E-state index in [-0.39, 0.29) is 11.3 Å². The monoisotopic (exact) mass is 274 g/mol. The summed E-state index contributed by atoms with van der Waals surface area (Å²) in [6.45, 7) is -1.65. The first-order valence-corrected chi connectivity index (χ1v) is 5.51. The van der Waals surface area contributed by atoms with Crippen molar-refractivity contribution in [3.05, 3.63) is 23.8 Å². The van der Waals surface area contributed by atoms with Crippen molar-refractivity contribution in [2.24, 2.45) is 5.73 Å². The number of carbonyl (C=O) groups excluding carboxylic acids is 1. The molecule has 19 heavy (non-hydrogen) atoms. The summed E-state index contributed by atoms with van der Waals surface area (Å²) in [6, 6.07) is 4.47. The van der Waals surface area contributed by atoms with Crippen molar-refractivity contribution in [3.63, 3.8) is 0 Å². The third-order valence-electron chi connectivity index (χ3n) is 2.46. The third-order valence-corrected chi connectivity index (χ3v) is 2.46. The van der Waals surface area contributed by atoms with Crippen LogP contribution in [0.15, 0.2) is 18.2 Å². The Labute approximate surface area is 109 Å². The number of halogens is 2. The van der Waals surface area contributed by atoms with E-state index in [9.17, 15) is 13.6 Å². The summed E-state index contributed by atoms with van der Waals surface area (Å²) in [5, 5.41) is 2.11. The van der Waals surface area contributed by atoms with Gasteiger partial charge in [0, 0.05) is 6.07 Å². The van der Waals surface area contributed by atoms with Crippen molar-refractivity contribution >= 4 is 5.91 Å². The Morgan fingerprint density at radius 1 is 1.37 bits per heavy atom. The molecule has 0 aliphatic heterocycles. The number of hydrogen-bond acceptors (Lipinski definition) is 4. The number of benzene rings is 1. The van der Waals surface area contributed by atoms with Crippen LogP contribution in [0.1, 0.15) is 10.4 Å². The lowest BCUT2D eigenvalue weighted by molar-refractivity contribution is 0.0118. The fraction of sp³-hybridized carbons (Fsp3) is 0.417. The molecule has 0 atom stereocenters. The number of nitrogens with one attached hydrogen (secondary N) is 1. The number of rotatable bonds is 6. The van der Waals surface area contributed by atoms with E-state index in [1.165, 1.54) is 26.4 Å². The molecule has 0 aromatic heterocycles. The van der Waals surface area contributed by atoms with Gasteiger partial charge in [-0.15, -0.1) is 0 Å². The van der Waals surface area contributed by atoms with Gasteiger partial charge >= 0.3 is 0 Å². The normalized spacial score (nSPS) is 11.0. The van der Waals surface area contributed by atoms with E-state index in [0.717, 1.165) is 0 Å². The fourth-order valence-corrected chi connectivity index (χ4v) is 1.36. The van der Waals surface area contributed by atoms with Crippen molar-refractivity contribution in [1.29, 1.82) is 0 Å². The highest BCUT2D eigenvalue weighted by atomic mass is 19.3. The van der Waals surface area contributed by atoms with Crippen LogP contribution in [0.25, 0.3) is 0 Å². The van der Waals surface area contributed by atoms with E-state index < -0.39 is 24.9 Å². The van der Waals surface area contributed by atoms with Crippen molar-refractivity contribution in [2.75, 3.05) is 27.3 Å². The Bertz CT molecular complexity index is 453. The minimum atomic E-state index is -3.13. The molecule has 1 aromatic rings. The fourth-order valence-electron chi connectivity index (χ4n) is 1.36. The molecule has 106 valence electrons. The molecule has 1 rings (SSSR count). The molecule has 0 unspecified atom stereocenters. The van der Waals surface area contributed by atoms with Gasteiger partial charge in [0.1, 0.15) is 11.5 Å². The molecule has 0 saturated heterocycles. The summed E-state index contributed by atoms with van der Waals surface area (Å²) >= 11 is 0. The first-order valence-electron chi connectivity index (χ1n) is 5.51. The Hall–Kier alpha value is -1.89. The predicted molar refractivity (Wildman–Crippen MR) is 65.9 cm³/mol. The van der Waals surface area contributed by atoms with Gasteiger partial charge in [0.2, 0.25) is 0 Å². The van der Waals surface area contributed by atoms with Gasteiger partial charge in [-0.1, -0.05) is 0 Å². The van der Waals surface area contributed by atoms with E-state index in [4.69, 9.17) is 15.2 Å². The summed E-state index contributed by atoms with van der Waals surface area (Å²) in [5.74, 6) is -3.05. The van der Waals surface area contributed by atoms with Crippen LogP contribution in [0.5, 0.6) is 11.5 Å². The minimum Gasteiger partial charge on any atom is -0.497 e. The lowest BCUT2D eigenvalue weighted by Crippen LogP contribution is -2.41. The highest BCUT2D eigenvalue weighted by Crippen LogP contribution is 2.24. The zero-order chi connectivity index (χ0) is 14.5. The lowest BCUT2D eigenvalue weighted by atomic mass is 10.1. The first kappa shape index (κ1) is 15.2. The minimum absolute atomic E-state index is 0.149. The second kappa shape index (κ2) is 6.33. The molecular weight excluding hydrogens is 258 g/mol. The number of hydrogen-bond donors (Lipinski definition) is 2. The molecule has 0 fully saturated rings. The molecule has 7 heteroatoms. The Kier molecular flexibility index (Phi) is 5.05. The predicted octanol–water partition coefficient (Wildman–Crippen LogP) is 1.03. The van der Waals surface area contributed by atoms with Gasteiger partial charge in [-0.2, -0.15) is 0 Å². The van der Waals surface area contributed by atoms with Crippen LogP contribution in [0, 0.1) is 0 Å². The molecule has 0 bridgehead atoms. The molecule has 0 spiro atoms. The summed E-state index contributed by atoms with van der Waals surface area (Å²) in [7, 11) is 2.84. The highest BCUT2D eigenvalue weighted by Gasteiger charge is 2.27. The van der Waals surface area contributed by atoms with Crippen LogP contribution in [0.2, 0.25) is 0 Å². The molecule has 1 aromatic carbocycles. The van der Waals surface area contributed by atoms with Gasteiger partial charge in [0.15, 0.2) is 0 Å². The third kappa shape index (κ3) is 4.06. The molecule has 0 radical (unpaired) electrons. The van der Waals surface area contributed by atoms with Gasteiger partial charge in [-0.25, -0.2) is 8.78 Å². The SMILES string of the molecule is COc1ccc(C(=O)NCC(F)(F)CN)c(OC)c1. The summed E-state index contributed by atoms with van der Waals surface area (Å²) < 4.78 is 35.9. The quantitative estimate of drug-likeness (QED) is 0.812. The second-order valence-electron chi connectivity index (χ2n) is 3.81. The maximum absolute atomic E-state index is 12.9. The first-order chi connectivity index (χ1) is 8.93. The summed E-state index contributed by atoms with van der Waals surface area (Å²) in [4.78, 5) is 11.8. The average molecular weight is 274 g/mol. The van der Waals surface area contributed by atoms with E-state index in [0.29, 0.717) is 5.75 Å². The van der Waals surface area contributed by atoms with Gasteiger partial charge in [0.25, 0.3) is 11.8 Å². The number of nitrogens with two attached hydrogens (primary N) is 1. The standard InChI is InChI=1S/C12H16F2N2O3/c1-18-8-3-4-9(10(5-8)19-2)11(17)16-7-12(13,14)6-15/h3-5H,6-7,15H2,1-2H3,(H,16,17). The average Bonchev–Trinajstić information content (AvgIpc) is 2.44. The number of methoxy groups -OCH3 is 2. The van der Waals surface area contributed by atoms with E-state index >= 15 is 0 Å². The maximum atomic E-state index is 12.9. The van der Waals surface area contributed by atoms with Crippen molar-refractivity contribution in [1.82, 2.24) is 5.32 Å². The van der Waals surface area contributed by atoms with Crippen LogP contribution in [-0.4, -0.2) is 39.1 Å². The largest absolute Gasteiger partial charge is 0.497 e. The van der Waals surface area contributed by atoms with E-state index in [1.54, 1.807) is 6.07 Å². The van der Waals surface area contributed by atoms with Gasteiger partial charge in [0.05, 0.1) is 32.9 Å². The highest BCUT2D eigenvalue weighted by molar-refractivity contribution is 5.97. The van der Waals surface area contributed by atoms with Crippen LogP contribution in [-0.2, 0) is 0 Å². The van der Waals surface area contributed by atoms with Crippen LogP contribution in [0.3, 0.4) is 0 Å². The number of alkyl halides is 2. The molecule has 0 aliphatic rings. The maximum Gasteiger partial charge on any atom is 0.277 e. The van der Waals surface area contributed by atoms with E-state index in [2.05, 4.69) is 5.32 Å². The Balaban J connectivity index is 2.82. The van der Waals surface area contributed by atoms with Gasteiger partial charge < -0.3 is 20.5 Å². The molecular formula is C12H16F2N2O3. The summed E-state index contributed by atoms with van der Waals surface area (Å²) in [5.41, 5.74) is 5.03. The van der Waals surface area contributed by atoms with Gasteiger partial charge in [-0.3, -0.25) is 4.79 Å². The second-order valence-corrected chi connectivity index (χ2v) is 3.81. The smallest absolute Gasteiger partial charge is 0.277 e.